The number of rotatable bonds is 5. The van der Waals surface area contributed by atoms with Crippen molar-refractivity contribution in [2.24, 2.45) is 5.92 Å². The summed E-state index contributed by atoms with van der Waals surface area (Å²) >= 11 is 0. The molecule has 0 fully saturated rings. The molecule has 0 aromatic heterocycles. The molecule has 2 rings (SSSR count). The Morgan fingerprint density at radius 3 is 2.70 bits per heavy atom. The molecule has 0 aliphatic heterocycles. The van der Waals surface area contributed by atoms with Gasteiger partial charge in [0.2, 0.25) is 5.91 Å². The molecule has 2 N–H and O–H groups in total. The number of benzene rings is 1. The number of hydrogen-bond donors (Lipinski definition) is 2. The van der Waals surface area contributed by atoms with Gasteiger partial charge in [0.25, 0.3) is 10.0 Å². The molecule has 1 amide bonds. The summed E-state index contributed by atoms with van der Waals surface area (Å²) in [4.78, 5) is 14.0. The third-order valence-corrected chi connectivity index (χ3v) is 4.99. The maximum Gasteiger partial charge on any atom is 0.257 e. The molecule has 1 unspecified atom stereocenters. The van der Waals surface area contributed by atoms with E-state index in [4.69, 9.17) is 0 Å². The van der Waals surface area contributed by atoms with E-state index in [1.54, 1.807) is 19.1 Å². The minimum absolute atomic E-state index is 0.197. The van der Waals surface area contributed by atoms with Crippen LogP contribution in [0.15, 0.2) is 23.1 Å². The Morgan fingerprint density at radius 1 is 1.30 bits per heavy atom. The van der Waals surface area contributed by atoms with E-state index >= 15 is 0 Å². The van der Waals surface area contributed by atoms with E-state index < -0.39 is 10.0 Å². The Hall–Kier alpha value is -1.40. The van der Waals surface area contributed by atoms with Gasteiger partial charge >= 0.3 is 0 Å². The lowest BCUT2D eigenvalue weighted by Gasteiger charge is -2.12. The molecule has 0 heterocycles. The molecule has 20 heavy (non-hydrogen) atoms. The van der Waals surface area contributed by atoms with Crippen molar-refractivity contribution in [3.63, 3.8) is 0 Å². The number of fused-ring (bicyclic) bond motifs is 1. The summed E-state index contributed by atoms with van der Waals surface area (Å²) < 4.78 is 24.2. The lowest BCUT2D eigenvalue weighted by atomic mass is 10.1. The summed E-state index contributed by atoms with van der Waals surface area (Å²) in [6.07, 6.45) is 3.65. The number of hydrogen-bond acceptors (Lipinski definition) is 3. The molecular weight excluding hydrogens is 276 g/mol. The van der Waals surface area contributed by atoms with Crippen LogP contribution in [0.4, 0.5) is 0 Å². The van der Waals surface area contributed by atoms with Crippen molar-refractivity contribution in [3.05, 3.63) is 29.3 Å². The highest BCUT2D eigenvalue weighted by atomic mass is 32.2. The number of hydrazine groups is 1. The van der Waals surface area contributed by atoms with Crippen molar-refractivity contribution in [1.29, 1.82) is 0 Å². The molecule has 0 saturated carbocycles. The van der Waals surface area contributed by atoms with Crippen LogP contribution in [0.2, 0.25) is 0 Å². The SMILES string of the molecule is CCC(C)C(=O)NNS(=O)(=O)c1ccc2c(c1)CCC2. The Balaban J connectivity index is 2.09. The van der Waals surface area contributed by atoms with Gasteiger partial charge in [0.05, 0.1) is 4.90 Å². The van der Waals surface area contributed by atoms with Crippen LogP contribution in [0.1, 0.15) is 37.8 Å². The first-order valence-corrected chi connectivity index (χ1v) is 8.36. The van der Waals surface area contributed by atoms with Crippen molar-refractivity contribution in [2.75, 3.05) is 0 Å². The Kier molecular flexibility index (Phi) is 4.45. The van der Waals surface area contributed by atoms with Gasteiger partial charge in [0.1, 0.15) is 0 Å². The Morgan fingerprint density at radius 2 is 2.00 bits per heavy atom. The molecule has 6 heteroatoms. The maximum atomic E-state index is 12.1. The molecular formula is C14H20N2O3S. The summed E-state index contributed by atoms with van der Waals surface area (Å²) in [5, 5.41) is 0. The van der Waals surface area contributed by atoms with Gasteiger partial charge < -0.3 is 0 Å². The lowest BCUT2D eigenvalue weighted by Crippen LogP contribution is -2.43. The standard InChI is InChI=1S/C14H20N2O3S/c1-3-10(2)14(17)15-16-20(18,19)13-8-7-11-5-4-6-12(11)9-13/h7-10,16H,3-6H2,1-2H3,(H,15,17). The average Bonchev–Trinajstić information content (AvgIpc) is 2.91. The zero-order chi connectivity index (χ0) is 14.8. The molecule has 0 spiro atoms. The monoisotopic (exact) mass is 296 g/mol. The van der Waals surface area contributed by atoms with Crippen molar-refractivity contribution in [3.8, 4) is 0 Å². The first-order chi connectivity index (χ1) is 9.44. The Labute approximate surface area is 119 Å². The fourth-order valence-electron chi connectivity index (χ4n) is 2.20. The normalized spacial score (nSPS) is 15.7. The maximum absolute atomic E-state index is 12.1. The van der Waals surface area contributed by atoms with E-state index in [2.05, 4.69) is 10.3 Å². The number of carbonyl (C=O) groups is 1. The van der Waals surface area contributed by atoms with Crippen LogP contribution in [-0.2, 0) is 27.7 Å². The Bertz CT molecular complexity index is 611. The second-order valence-corrected chi connectivity index (χ2v) is 6.87. The molecule has 110 valence electrons. The van der Waals surface area contributed by atoms with Crippen molar-refractivity contribution >= 4 is 15.9 Å². The van der Waals surface area contributed by atoms with Crippen LogP contribution in [0.3, 0.4) is 0 Å². The minimum Gasteiger partial charge on any atom is -0.277 e. The van der Waals surface area contributed by atoms with Crippen LogP contribution < -0.4 is 10.3 Å². The molecule has 0 bridgehead atoms. The smallest absolute Gasteiger partial charge is 0.257 e. The quantitative estimate of drug-likeness (QED) is 0.809. The number of aryl methyl sites for hydroxylation is 2. The van der Waals surface area contributed by atoms with Crippen molar-refractivity contribution in [2.45, 2.75) is 44.4 Å². The van der Waals surface area contributed by atoms with E-state index in [1.165, 1.54) is 5.56 Å². The average molecular weight is 296 g/mol. The van der Waals surface area contributed by atoms with Crippen LogP contribution in [-0.4, -0.2) is 14.3 Å². The van der Waals surface area contributed by atoms with Gasteiger partial charge in [-0.1, -0.05) is 19.9 Å². The van der Waals surface area contributed by atoms with E-state index in [1.807, 2.05) is 13.0 Å². The van der Waals surface area contributed by atoms with Crippen molar-refractivity contribution in [1.82, 2.24) is 10.3 Å². The number of nitrogens with one attached hydrogen (secondary N) is 2. The van der Waals surface area contributed by atoms with Crippen molar-refractivity contribution < 1.29 is 13.2 Å². The predicted octanol–water partition coefficient (Wildman–Crippen LogP) is 1.53. The van der Waals surface area contributed by atoms with Crippen LogP contribution in [0.5, 0.6) is 0 Å². The van der Waals surface area contributed by atoms with Gasteiger partial charge in [-0.2, -0.15) is 0 Å². The van der Waals surface area contributed by atoms with E-state index in [-0.39, 0.29) is 16.7 Å². The van der Waals surface area contributed by atoms with Crippen LogP contribution in [0.25, 0.3) is 0 Å². The second-order valence-electron chi connectivity index (χ2n) is 5.19. The fourth-order valence-corrected chi connectivity index (χ4v) is 3.10. The summed E-state index contributed by atoms with van der Waals surface area (Å²) in [6, 6.07) is 5.13. The first-order valence-electron chi connectivity index (χ1n) is 6.87. The second kappa shape index (κ2) is 5.93. The summed E-state index contributed by atoms with van der Waals surface area (Å²) in [5.74, 6) is -0.546. The topological polar surface area (TPSA) is 75.3 Å². The predicted molar refractivity (Wildman–Crippen MR) is 76.4 cm³/mol. The summed E-state index contributed by atoms with van der Waals surface area (Å²) in [6.45, 7) is 3.62. The van der Waals surface area contributed by atoms with Gasteiger partial charge in [0.15, 0.2) is 0 Å². The third kappa shape index (κ3) is 3.19. The van der Waals surface area contributed by atoms with E-state index in [0.29, 0.717) is 6.42 Å². The van der Waals surface area contributed by atoms with Crippen LogP contribution in [0, 0.1) is 5.92 Å². The first kappa shape index (κ1) is 15.0. The summed E-state index contributed by atoms with van der Waals surface area (Å²) in [7, 11) is -3.70. The molecule has 0 radical (unpaired) electrons. The zero-order valence-corrected chi connectivity index (χ0v) is 12.6. The highest BCUT2D eigenvalue weighted by Crippen LogP contribution is 2.24. The van der Waals surface area contributed by atoms with Gasteiger partial charge in [-0.25, -0.2) is 8.42 Å². The molecule has 0 saturated heterocycles. The third-order valence-electron chi connectivity index (χ3n) is 3.75. The highest BCUT2D eigenvalue weighted by molar-refractivity contribution is 7.89. The van der Waals surface area contributed by atoms with Gasteiger partial charge in [0, 0.05) is 5.92 Å². The molecule has 1 aromatic carbocycles. The summed E-state index contributed by atoms with van der Waals surface area (Å²) in [5.41, 5.74) is 4.56. The number of amides is 1. The highest BCUT2D eigenvalue weighted by Gasteiger charge is 2.20. The van der Waals surface area contributed by atoms with E-state index in [0.717, 1.165) is 24.8 Å². The number of sulfonamides is 1. The number of carbonyl (C=O) groups excluding carboxylic acids is 1. The molecule has 1 aliphatic rings. The van der Waals surface area contributed by atoms with Crippen LogP contribution >= 0.6 is 0 Å². The zero-order valence-electron chi connectivity index (χ0n) is 11.8. The lowest BCUT2D eigenvalue weighted by molar-refractivity contribution is -0.125. The largest absolute Gasteiger partial charge is 0.277 e. The van der Waals surface area contributed by atoms with E-state index in [9.17, 15) is 13.2 Å². The minimum atomic E-state index is -3.70. The molecule has 5 nitrogen and oxygen atoms in total. The molecule has 1 aromatic rings. The van der Waals surface area contributed by atoms with Gasteiger partial charge in [-0.05, 0) is 48.9 Å². The molecule has 1 atom stereocenters. The van der Waals surface area contributed by atoms with Gasteiger partial charge in [-0.3, -0.25) is 10.2 Å². The molecule has 1 aliphatic carbocycles. The van der Waals surface area contributed by atoms with Gasteiger partial charge in [-0.15, -0.1) is 4.83 Å². The fraction of sp³-hybridized carbons (Fsp3) is 0.500.